The molecule has 0 saturated carbocycles. The fourth-order valence-electron chi connectivity index (χ4n) is 7.43. The van der Waals surface area contributed by atoms with Crippen LogP contribution < -0.4 is 0 Å². The molecule has 4 nitrogen and oxygen atoms in total. The second-order valence-electron chi connectivity index (χ2n) is 12.8. The maximum Gasteiger partial charge on any atom is 0.0995 e. The zero-order chi connectivity index (χ0) is 34.4. The molecular weight excluding hydrogens is 673 g/mol. The Labute approximate surface area is 308 Å². The largest absolute Gasteiger partial charge is 0.255 e. The van der Waals surface area contributed by atoms with E-state index in [1.807, 2.05) is 28.8 Å². The third kappa shape index (κ3) is 5.28. The Morgan fingerprint density at radius 2 is 0.885 bits per heavy atom. The maximum absolute atomic E-state index is 4.72. The predicted octanol–water partition coefficient (Wildman–Crippen LogP) is 12.9. The SMILES string of the molecule is c1ccc2c(-c3ccc(-c4ccc5c(-c6ccnc(-c7cscn7)c6)c6ccccc6c(-c6ccnc(-c7cscn7)c6)c5c4)cc3)cccc2c1. The summed E-state index contributed by atoms with van der Waals surface area (Å²) in [5.74, 6) is 0. The van der Waals surface area contributed by atoms with Crippen molar-refractivity contribution in [1.82, 2.24) is 19.9 Å². The molecule has 0 saturated heterocycles. The minimum atomic E-state index is 0.863. The minimum absolute atomic E-state index is 0.863. The van der Waals surface area contributed by atoms with Crippen LogP contribution in [0.3, 0.4) is 0 Å². The number of fused-ring (bicyclic) bond motifs is 3. The van der Waals surface area contributed by atoms with Crippen LogP contribution in [0.15, 0.2) is 168 Å². The zero-order valence-electron chi connectivity index (χ0n) is 27.8. The molecule has 0 radical (unpaired) electrons. The lowest BCUT2D eigenvalue weighted by Crippen LogP contribution is -1.94. The van der Waals surface area contributed by atoms with E-state index < -0.39 is 0 Å². The van der Waals surface area contributed by atoms with Crippen molar-refractivity contribution in [3.63, 3.8) is 0 Å². The van der Waals surface area contributed by atoms with Crippen molar-refractivity contribution in [3.8, 4) is 67.3 Å². The van der Waals surface area contributed by atoms with Crippen molar-refractivity contribution in [2.24, 2.45) is 0 Å². The molecule has 0 amide bonds. The summed E-state index contributed by atoms with van der Waals surface area (Å²) in [5.41, 5.74) is 16.5. The fourth-order valence-corrected chi connectivity index (χ4v) is 8.52. The molecule has 0 spiro atoms. The van der Waals surface area contributed by atoms with Gasteiger partial charge in [0.05, 0.1) is 33.8 Å². The van der Waals surface area contributed by atoms with Gasteiger partial charge in [-0.15, -0.1) is 22.7 Å². The van der Waals surface area contributed by atoms with E-state index in [0.717, 1.165) is 39.5 Å². The number of benzene rings is 6. The molecule has 0 bridgehead atoms. The van der Waals surface area contributed by atoms with E-state index in [0.29, 0.717) is 0 Å². The summed E-state index contributed by atoms with van der Waals surface area (Å²) in [6.45, 7) is 0. The zero-order valence-corrected chi connectivity index (χ0v) is 29.4. The second kappa shape index (κ2) is 12.8. The average Bonchev–Trinajstić information content (AvgIpc) is 3.96. The lowest BCUT2D eigenvalue weighted by Gasteiger charge is -2.19. The maximum atomic E-state index is 4.72. The Hall–Kier alpha value is -6.34. The highest BCUT2D eigenvalue weighted by atomic mass is 32.1. The van der Waals surface area contributed by atoms with Gasteiger partial charge in [-0.2, -0.15) is 0 Å². The summed E-state index contributed by atoms with van der Waals surface area (Å²) >= 11 is 3.16. The Bertz CT molecular complexity index is 2890. The molecule has 6 aromatic carbocycles. The van der Waals surface area contributed by atoms with Crippen LogP contribution in [0, 0.1) is 0 Å². The molecule has 10 rings (SSSR count). The Balaban J connectivity index is 1.20. The van der Waals surface area contributed by atoms with E-state index in [1.165, 1.54) is 60.1 Å². The molecule has 0 N–H and O–H groups in total. The quantitative estimate of drug-likeness (QED) is 0.162. The van der Waals surface area contributed by atoms with Crippen LogP contribution in [-0.2, 0) is 0 Å². The van der Waals surface area contributed by atoms with Gasteiger partial charge in [0.2, 0.25) is 0 Å². The van der Waals surface area contributed by atoms with Crippen LogP contribution >= 0.6 is 22.7 Å². The van der Waals surface area contributed by atoms with Gasteiger partial charge >= 0.3 is 0 Å². The third-order valence-corrected chi connectivity index (χ3v) is 11.0. The number of pyridine rings is 2. The molecule has 0 aliphatic rings. The topological polar surface area (TPSA) is 51.6 Å². The third-order valence-electron chi connectivity index (χ3n) is 9.83. The average molecular weight is 701 g/mol. The molecule has 52 heavy (non-hydrogen) atoms. The number of hydrogen-bond acceptors (Lipinski definition) is 6. The van der Waals surface area contributed by atoms with Gasteiger partial charge in [-0.05, 0) is 107 Å². The molecule has 0 atom stereocenters. The summed E-state index contributed by atoms with van der Waals surface area (Å²) in [4.78, 5) is 18.5. The molecule has 4 heterocycles. The van der Waals surface area contributed by atoms with Gasteiger partial charge in [-0.25, -0.2) is 9.97 Å². The Morgan fingerprint density at radius 3 is 1.52 bits per heavy atom. The van der Waals surface area contributed by atoms with Gasteiger partial charge in [0.25, 0.3) is 0 Å². The summed E-state index contributed by atoms with van der Waals surface area (Å²) in [6.07, 6.45) is 3.80. The number of rotatable bonds is 6. The molecule has 6 heteroatoms. The van der Waals surface area contributed by atoms with Crippen molar-refractivity contribution < 1.29 is 0 Å². The van der Waals surface area contributed by atoms with Crippen molar-refractivity contribution in [3.05, 3.63) is 168 Å². The van der Waals surface area contributed by atoms with Crippen LogP contribution in [0.1, 0.15) is 0 Å². The predicted molar refractivity (Wildman–Crippen MR) is 219 cm³/mol. The molecule has 4 aromatic heterocycles. The molecular formula is C46H28N4S2. The van der Waals surface area contributed by atoms with Crippen molar-refractivity contribution in [2.75, 3.05) is 0 Å². The summed E-state index contributed by atoms with van der Waals surface area (Å²) < 4.78 is 0. The van der Waals surface area contributed by atoms with Gasteiger partial charge in [-0.3, -0.25) is 9.97 Å². The summed E-state index contributed by atoms with van der Waals surface area (Å²) in [5, 5.41) is 11.3. The summed E-state index contributed by atoms with van der Waals surface area (Å²) in [6, 6.07) is 48.3. The van der Waals surface area contributed by atoms with Crippen molar-refractivity contribution in [2.45, 2.75) is 0 Å². The Morgan fingerprint density at radius 1 is 0.346 bits per heavy atom. The van der Waals surface area contributed by atoms with Crippen LogP contribution in [-0.4, -0.2) is 19.9 Å². The molecule has 0 aliphatic carbocycles. The number of hydrogen-bond donors (Lipinski definition) is 0. The second-order valence-corrected chi connectivity index (χ2v) is 14.2. The van der Waals surface area contributed by atoms with Gasteiger partial charge in [0, 0.05) is 23.2 Å². The van der Waals surface area contributed by atoms with Crippen LogP contribution in [0.25, 0.3) is 99.6 Å². The molecule has 0 aliphatic heterocycles. The number of aromatic nitrogens is 4. The first-order chi connectivity index (χ1) is 25.8. The lowest BCUT2D eigenvalue weighted by molar-refractivity contribution is 1.28. The van der Waals surface area contributed by atoms with E-state index >= 15 is 0 Å². The van der Waals surface area contributed by atoms with E-state index in [4.69, 9.17) is 9.97 Å². The van der Waals surface area contributed by atoms with Crippen molar-refractivity contribution >= 4 is 55.0 Å². The highest BCUT2D eigenvalue weighted by Crippen LogP contribution is 2.45. The van der Waals surface area contributed by atoms with Crippen molar-refractivity contribution in [1.29, 1.82) is 0 Å². The number of nitrogens with zero attached hydrogens (tertiary/aromatic N) is 4. The van der Waals surface area contributed by atoms with Gasteiger partial charge in [-0.1, -0.05) is 103 Å². The molecule has 0 fully saturated rings. The van der Waals surface area contributed by atoms with Gasteiger partial charge < -0.3 is 0 Å². The summed E-state index contributed by atoms with van der Waals surface area (Å²) in [7, 11) is 0. The first kappa shape index (κ1) is 30.5. The smallest absolute Gasteiger partial charge is 0.0995 e. The minimum Gasteiger partial charge on any atom is -0.255 e. The van der Waals surface area contributed by atoms with Gasteiger partial charge in [0.15, 0.2) is 0 Å². The molecule has 0 unspecified atom stereocenters. The molecule has 244 valence electrons. The van der Waals surface area contributed by atoms with E-state index in [9.17, 15) is 0 Å². The highest BCUT2D eigenvalue weighted by molar-refractivity contribution is 7.08. The molecule has 10 aromatic rings. The normalized spacial score (nSPS) is 11.5. The first-order valence-corrected chi connectivity index (χ1v) is 18.9. The Kier molecular flexibility index (Phi) is 7.48. The fraction of sp³-hybridized carbons (Fsp3) is 0. The van der Waals surface area contributed by atoms with Crippen LogP contribution in [0.2, 0.25) is 0 Å². The van der Waals surface area contributed by atoms with Crippen LogP contribution in [0.5, 0.6) is 0 Å². The number of thiazole rings is 2. The van der Waals surface area contributed by atoms with Crippen LogP contribution in [0.4, 0.5) is 0 Å². The standard InChI is InChI=1S/C46H28N4S2/c1-2-8-35-30(6-1)7-5-11-36(35)31-14-12-29(13-15-31)32-16-17-39-40(22-32)46(34-19-21-48-42(24-34)44-26-52-28-50-44)38-10-4-3-9-37(38)45(39)33-18-20-47-41(23-33)43-25-51-27-49-43/h1-28H. The lowest BCUT2D eigenvalue weighted by atomic mass is 9.84. The monoisotopic (exact) mass is 700 g/mol. The van der Waals surface area contributed by atoms with E-state index in [1.54, 1.807) is 22.7 Å². The van der Waals surface area contributed by atoms with Gasteiger partial charge in [0.1, 0.15) is 0 Å². The van der Waals surface area contributed by atoms with E-state index in [-0.39, 0.29) is 0 Å². The highest BCUT2D eigenvalue weighted by Gasteiger charge is 2.19. The first-order valence-electron chi connectivity index (χ1n) is 17.1. The van der Waals surface area contributed by atoms with E-state index in [2.05, 4.69) is 149 Å².